The summed E-state index contributed by atoms with van der Waals surface area (Å²) in [6.45, 7) is 6.82. The Hall–Kier alpha value is -2.52. The van der Waals surface area contributed by atoms with Gasteiger partial charge in [0.2, 0.25) is 0 Å². The SMILES string of the molecule is CC1(N2CCN(c3cc4c(cnn4-c4cnn(C5CC5)c4)cc3C(F)F)CC2)COC1. The van der Waals surface area contributed by atoms with Crippen LogP contribution in [0, 0.1) is 0 Å². The van der Waals surface area contributed by atoms with Crippen LogP contribution in [-0.4, -0.2) is 69.4 Å². The van der Waals surface area contributed by atoms with Crippen LogP contribution in [0.25, 0.3) is 16.6 Å². The van der Waals surface area contributed by atoms with Gasteiger partial charge in [-0.15, -0.1) is 0 Å². The normalized spacial score (nSPS) is 21.7. The van der Waals surface area contributed by atoms with Crippen molar-refractivity contribution in [3.8, 4) is 5.69 Å². The fourth-order valence-corrected chi connectivity index (χ4v) is 4.78. The fourth-order valence-electron chi connectivity index (χ4n) is 4.78. The molecule has 2 saturated heterocycles. The Kier molecular flexibility index (Phi) is 4.33. The third-order valence-electron chi connectivity index (χ3n) is 6.91. The highest BCUT2D eigenvalue weighted by atomic mass is 19.3. The lowest BCUT2D eigenvalue weighted by Crippen LogP contribution is -2.64. The summed E-state index contributed by atoms with van der Waals surface area (Å²) in [5.41, 5.74) is 2.46. The number of hydrogen-bond donors (Lipinski definition) is 0. The second-order valence-electron chi connectivity index (χ2n) is 9.20. The number of fused-ring (bicyclic) bond motifs is 1. The van der Waals surface area contributed by atoms with Gasteiger partial charge >= 0.3 is 0 Å². The van der Waals surface area contributed by atoms with Gasteiger partial charge in [0, 0.05) is 42.8 Å². The van der Waals surface area contributed by atoms with Crippen molar-refractivity contribution in [2.24, 2.45) is 0 Å². The van der Waals surface area contributed by atoms with E-state index < -0.39 is 6.43 Å². The minimum absolute atomic E-state index is 0.0763. The Morgan fingerprint density at radius 1 is 1.06 bits per heavy atom. The van der Waals surface area contributed by atoms with E-state index in [1.165, 1.54) is 0 Å². The summed E-state index contributed by atoms with van der Waals surface area (Å²) in [5, 5.41) is 9.66. The molecular weight excluding hydrogens is 402 g/mol. The van der Waals surface area contributed by atoms with Gasteiger partial charge in [0.25, 0.3) is 6.43 Å². The second kappa shape index (κ2) is 7.00. The molecule has 0 N–H and O–H groups in total. The number of alkyl halides is 2. The zero-order valence-corrected chi connectivity index (χ0v) is 17.5. The van der Waals surface area contributed by atoms with E-state index >= 15 is 0 Å². The topological polar surface area (TPSA) is 51.3 Å². The fraction of sp³-hybridized carbons (Fsp3) is 0.545. The Morgan fingerprint density at radius 3 is 2.48 bits per heavy atom. The number of piperazine rings is 1. The zero-order valence-electron chi connectivity index (χ0n) is 17.5. The van der Waals surface area contributed by atoms with Crippen LogP contribution in [0.15, 0.2) is 30.7 Å². The van der Waals surface area contributed by atoms with Gasteiger partial charge in [0.15, 0.2) is 0 Å². The van der Waals surface area contributed by atoms with Crippen LogP contribution in [0.3, 0.4) is 0 Å². The van der Waals surface area contributed by atoms with E-state index in [1.54, 1.807) is 18.5 Å². The Morgan fingerprint density at radius 2 is 1.84 bits per heavy atom. The molecule has 4 heterocycles. The summed E-state index contributed by atoms with van der Waals surface area (Å²) < 4.78 is 37.1. The lowest BCUT2D eigenvalue weighted by molar-refractivity contribution is -0.131. The molecule has 31 heavy (non-hydrogen) atoms. The number of rotatable bonds is 5. The molecule has 6 rings (SSSR count). The second-order valence-corrected chi connectivity index (χ2v) is 9.20. The third-order valence-corrected chi connectivity index (χ3v) is 6.91. The molecule has 0 amide bonds. The summed E-state index contributed by atoms with van der Waals surface area (Å²) >= 11 is 0. The van der Waals surface area contributed by atoms with Crippen LogP contribution >= 0.6 is 0 Å². The summed E-state index contributed by atoms with van der Waals surface area (Å²) in [7, 11) is 0. The average Bonchev–Trinajstić information content (AvgIpc) is 3.34. The predicted octanol–water partition coefficient (Wildman–Crippen LogP) is 3.41. The van der Waals surface area contributed by atoms with Crippen molar-refractivity contribution in [3.63, 3.8) is 0 Å². The molecule has 1 aromatic carbocycles. The molecular formula is C22H26F2N6O. The molecule has 7 nitrogen and oxygen atoms in total. The van der Waals surface area contributed by atoms with E-state index in [0.29, 0.717) is 24.8 Å². The number of hydrogen-bond acceptors (Lipinski definition) is 5. The minimum atomic E-state index is -2.53. The first-order valence-electron chi connectivity index (χ1n) is 10.9. The summed E-state index contributed by atoms with van der Waals surface area (Å²) in [6.07, 6.45) is 5.22. The van der Waals surface area contributed by atoms with Crippen molar-refractivity contribution in [1.29, 1.82) is 0 Å². The lowest BCUT2D eigenvalue weighted by Gasteiger charge is -2.50. The number of halogens is 2. The van der Waals surface area contributed by atoms with Crippen LogP contribution < -0.4 is 4.90 Å². The highest BCUT2D eigenvalue weighted by Crippen LogP contribution is 2.37. The average molecular weight is 428 g/mol. The van der Waals surface area contributed by atoms with Crippen LogP contribution in [0.5, 0.6) is 0 Å². The van der Waals surface area contributed by atoms with Crippen LogP contribution in [0.1, 0.15) is 37.8 Å². The standard InChI is InChI=1S/C22H26F2N6O/c1-22(13-31-14-22)28-6-4-27(5-7-28)20-9-19-15(8-18(20)21(23)24)10-26-30(19)17-11-25-29(12-17)16-2-3-16/h8-12,16,21H,2-7,13-14H2,1H3. The van der Waals surface area contributed by atoms with Crippen molar-refractivity contribution in [2.75, 3.05) is 44.3 Å². The lowest BCUT2D eigenvalue weighted by atomic mass is 9.96. The van der Waals surface area contributed by atoms with E-state index in [4.69, 9.17) is 4.74 Å². The Bertz CT molecular complexity index is 1110. The molecule has 3 fully saturated rings. The third kappa shape index (κ3) is 3.22. The van der Waals surface area contributed by atoms with E-state index in [9.17, 15) is 8.78 Å². The monoisotopic (exact) mass is 428 g/mol. The molecule has 3 aromatic rings. The first-order valence-corrected chi connectivity index (χ1v) is 10.9. The Balaban J connectivity index is 1.33. The molecule has 0 bridgehead atoms. The molecule has 1 aliphatic carbocycles. The molecule has 0 spiro atoms. The van der Waals surface area contributed by atoms with Gasteiger partial charge < -0.3 is 9.64 Å². The number of aromatic nitrogens is 4. The number of ether oxygens (including phenoxy) is 1. The van der Waals surface area contributed by atoms with E-state index in [1.807, 2.05) is 21.6 Å². The highest BCUT2D eigenvalue weighted by molar-refractivity contribution is 5.86. The number of anilines is 1. The first kappa shape index (κ1) is 19.2. The molecule has 0 atom stereocenters. The van der Waals surface area contributed by atoms with Gasteiger partial charge in [-0.05, 0) is 31.9 Å². The van der Waals surface area contributed by atoms with Crippen molar-refractivity contribution in [2.45, 2.75) is 37.8 Å². The van der Waals surface area contributed by atoms with Crippen molar-refractivity contribution < 1.29 is 13.5 Å². The van der Waals surface area contributed by atoms with Gasteiger partial charge in [-0.1, -0.05) is 0 Å². The van der Waals surface area contributed by atoms with E-state index in [-0.39, 0.29) is 11.1 Å². The maximum Gasteiger partial charge on any atom is 0.265 e. The summed E-state index contributed by atoms with van der Waals surface area (Å²) in [5.74, 6) is 0. The molecule has 0 radical (unpaired) electrons. The zero-order chi connectivity index (χ0) is 21.2. The maximum atomic E-state index is 14.0. The van der Waals surface area contributed by atoms with Crippen LogP contribution in [-0.2, 0) is 4.74 Å². The van der Waals surface area contributed by atoms with E-state index in [2.05, 4.69) is 26.9 Å². The predicted molar refractivity (Wildman–Crippen MR) is 113 cm³/mol. The first-order chi connectivity index (χ1) is 15.0. The summed E-state index contributed by atoms with van der Waals surface area (Å²) in [6, 6.07) is 3.95. The van der Waals surface area contributed by atoms with Gasteiger partial charge in [-0.25, -0.2) is 13.5 Å². The van der Waals surface area contributed by atoms with Crippen molar-refractivity contribution in [1.82, 2.24) is 24.5 Å². The number of benzene rings is 1. The minimum Gasteiger partial charge on any atom is -0.377 e. The van der Waals surface area contributed by atoms with Crippen molar-refractivity contribution in [3.05, 3.63) is 36.3 Å². The molecule has 3 aliphatic rings. The molecule has 2 aliphatic heterocycles. The van der Waals surface area contributed by atoms with Crippen LogP contribution in [0.2, 0.25) is 0 Å². The molecule has 0 unspecified atom stereocenters. The van der Waals surface area contributed by atoms with Gasteiger partial charge in [0.1, 0.15) is 5.69 Å². The molecule has 9 heteroatoms. The van der Waals surface area contributed by atoms with Gasteiger partial charge in [-0.3, -0.25) is 9.58 Å². The quantitative estimate of drug-likeness (QED) is 0.624. The Labute approximate surface area is 179 Å². The van der Waals surface area contributed by atoms with E-state index in [0.717, 1.165) is 55.7 Å². The van der Waals surface area contributed by atoms with Crippen LogP contribution in [0.4, 0.5) is 14.5 Å². The largest absolute Gasteiger partial charge is 0.377 e. The highest BCUT2D eigenvalue weighted by Gasteiger charge is 2.40. The number of nitrogens with zero attached hydrogens (tertiary/aromatic N) is 6. The van der Waals surface area contributed by atoms with Gasteiger partial charge in [0.05, 0.1) is 48.9 Å². The van der Waals surface area contributed by atoms with Crippen molar-refractivity contribution >= 4 is 16.6 Å². The smallest absolute Gasteiger partial charge is 0.265 e. The molecule has 164 valence electrons. The maximum absolute atomic E-state index is 14.0. The molecule has 1 saturated carbocycles. The molecule has 2 aromatic heterocycles. The summed E-state index contributed by atoms with van der Waals surface area (Å²) in [4.78, 5) is 4.51. The van der Waals surface area contributed by atoms with Gasteiger partial charge in [-0.2, -0.15) is 10.2 Å².